The average Bonchev–Trinajstić information content (AvgIpc) is 2.63. The van der Waals surface area contributed by atoms with Crippen molar-refractivity contribution >= 4 is 21.7 Å². The molecule has 1 aliphatic rings. The molecule has 2 unspecified atom stereocenters. The predicted octanol–water partition coefficient (Wildman–Crippen LogP) is -0.867. The van der Waals surface area contributed by atoms with E-state index in [9.17, 15) is 18.0 Å². The van der Waals surface area contributed by atoms with Crippen molar-refractivity contribution in [3.05, 3.63) is 0 Å². The second kappa shape index (κ2) is 6.85. The van der Waals surface area contributed by atoms with Crippen molar-refractivity contribution in [1.29, 1.82) is 0 Å². The van der Waals surface area contributed by atoms with E-state index in [2.05, 4.69) is 10.6 Å². The third kappa shape index (κ3) is 5.56. The van der Waals surface area contributed by atoms with Gasteiger partial charge in [-0.1, -0.05) is 13.3 Å². The van der Waals surface area contributed by atoms with Crippen molar-refractivity contribution in [2.75, 3.05) is 18.1 Å². The van der Waals surface area contributed by atoms with Gasteiger partial charge in [-0.2, -0.15) is 0 Å². The second-order valence-corrected chi connectivity index (χ2v) is 6.96. The molecule has 1 saturated heterocycles. The summed E-state index contributed by atoms with van der Waals surface area (Å²) in [6.07, 6.45) is 1.57. The minimum Gasteiger partial charge on any atom is -0.480 e. The van der Waals surface area contributed by atoms with E-state index in [1.54, 1.807) is 0 Å². The molecule has 0 saturated carbocycles. The quantitative estimate of drug-likeness (QED) is 0.562. The summed E-state index contributed by atoms with van der Waals surface area (Å²) in [5, 5.41) is 14.1. The number of rotatable bonds is 7. The smallest absolute Gasteiger partial charge is 0.320 e. The molecule has 3 N–H and O–H groups in total. The number of carboxylic acid groups (broad SMARTS) is 1. The molecule has 7 nitrogen and oxygen atoms in total. The van der Waals surface area contributed by atoms with Crippen LogP contribution in [0.4, 0.5) is 0 Å². The summed E-state index contributed by atoms with van der Waals surface area (Å²) in [5.74, 6) is -1.29. The Morgan fingerprint density at radius 2 is 2.11 bits per heavy atom. The summed E-state index contributed by atoms with van der Waals surface area (Å²) >= 11 is 0. The summed E-state index contributed by atoms with van der Waals surface area (Å²) < 4.78 is 22.4. The fourth-order valence-electron chi connectivity index (χ4n) is 2.00. The maximum absolute atomic E-state index is 11.6. The molecule has 8 heteroatoms. The Bertz CT molecular complexity index is 434. The van der Waals surface area contributed by atoms with Crippen molar-refractivity contribution in [1.82, 2.24) is 10.6 Å². The summed E-state index contributed by atoms with van der Waals surface area (Å²) in [5.41, 5.74) is 0. The molecule has 1 fully saturated rings. The molecule has 0 aliphatic carbocycles. The molecule has 0 aromatic heterocycles. The highest BCUT2D eigenvalue weighted by molar-refractivity contribution is 7.91. The highest BCUT2D eigenvalue weighted by Gasteiger charge is 2.29. The number of aliphatic carboxylic acids is 1. The average molecular weight is 292 g/mol. The van der Waals surface area contributed by atoms with Gasteiger partial charge in [-0.15, -0.1) is 0 Å². The number of hydrogen-bond donors (Lipinski definition) is 3. The van der Waals surface area contributed by atoms with E-state index in [4.69, 9.17) is 5.11 Å². The Kier molecular flexibility index (Phi) is 5.74. The fraction of sp³-hybridized carbons (Fsp3) is 0.818. The van der Waals surface area contributed by atoms with Crippen LogP contribution in [0.5, 0.6) is 0 Å². The molecule has 1 heterocycles. The van der Waals surface area contributed by atoms with Crippen molar-refractivity contribution in [3.8, 4) is 0 Å². The number of hydrogen-bond acceptors (Lipinski definition) is 5. The lowest BCUT2D eigenvalue weighted by molar-refractivity contribution is -0.139. The number of nitrogens with one attached hydrogen (secondary N) is 2. The first-order valence-electron chi connectivity index (χ1n) is 6.30. The van der Waals surface area contributed by atoms with Gasteiger partial charge < -0.3 is 10.4 Å². The molecule has 1 amide bonds. The normalized spacial score (nSPS) is 22.9. The molecular formula is C11H20N2O5S. The molecule has 0 aromatic carbocycles. The number of carbonyl (C=O) groups excluding carboxylic acids is 1. The maximum Gasteiger partial charge on any atom is 0.320 e. The van der Waals surface area contributed by atoms with Crippen molar-refractivity contribution in [3.63, 3.8) is 0 Å². The molecule has 1 rings (SSSR count). The molecule has 19 heavy (non-hydrogen) atoms. The third-order valence-electron chi connectivity index (χ3n) is 2.98. The first kappa shape index (κ1) is 15.9. The lowest BCUT2D eigenvalue weighted by Crippen LogP contribution is -2.45. The Hall–Kier alpha value is -1.15. The molecule has 0 spiro atoms. The van der Waals surface area contributed by atoms with Crippen LogP contribution in [0.15, 0.2) is 0 Å². The Morgan fingerprint density at radius 3 is 2.58 bits per heavy atom. The van der Waals surface area contributed by atoms with E-state index < -0.39 is 21.8 Å². The number of carboxylic acids is 1. The maximum atomic E-state index is 11.6. The van der Waals surface area contributed by atoms with E-state index in [0.29, 0.717) is 19.3 Å². The van der Waals surface area contributed by atoms with Crippen LogP contribution in [0.3, 0.4) is 0 Å². The van der Waals surface area contributed by atoms with Gasteiger partial charge in [0.1, 0.15) is 6.04 Å². The first-order valence-corrected chi connectivity index (χ1v) is 8.12. The van der Waals surface area contributed by atoms with Crippen LogP contribution in [0.1, 0.15) is 26.2 Å². The number of carbonyl (C=O) groups is 2. The van der Waals surface area contributed by atoms with Gasteiger partial charge in [0.15, 0.2) is 9.84 Å². The lowest BCUT2D eigenvalue weighted by atomic mass is 10.1. The van der Waals surface area contributed by atoms with Gasteiger partial charge in [0, 0.05) is 6.04 Å². The van der Waals surface area contributed by atoms with Gasteiger partial charge in [0.05, 0.1) is 18.1 Å². The molecule has 2 atom stereocenters. The fourth-order valence-corrected chi connectivity index (χ4v) is 3.68. The van der Waals surface area contributed by atoms with Crippen LogP contribution in [-0.2, 0) is 19.4 Å². The van der Waals surface area contributed by atoms with E-state index >= 15 is 0 Å². The predicted molar refractivity (Wildman–Crippen MR) is 69.5 cm³/mol. The van der Waals surface area contributed by atoms with E-state index in [1.807, 2.05) is 6.92 Å². The molecular weight excluding hydrogens is 272 g/mol. The minimum absolute atomic E-state index is 0.0317. The van der Waals surface area contributed by atoms with Gasteiger partial charge in [0.25, 0.3) is 0 Å². The zero-order chi connectivity index (χ0) is 14.5. The van der Waals surface area contributed by atoms with Crippen molar-refractivity contribution < 1.29 is 23.1 Å². The Morgan fingerprint density at radius 1 is 1.42 bits per heavy atom. The first-order chi connectivity index (χ1) is 8.84. The van der Waals surface area contributed by atoms with E-state index in [0.717, 1.165) is 0 Å². The molecule has 110 valence electrons. The monoisotopic (exact) mass is 292 g/mol. The summed E-state index contributed by atoms with van der Waals surface area (Å²) in [7, 11) is -3.02. The summed E-state index contributed by atoms with van der Waals surface area (Å²) in [4.78, 5) is 22.4. The third-order valence-corrected chi connectivity index (χ3v) is 4.75. The lowest BCUT2D eigenvalue weighted by Gasteiger charge is -2.15. The van der Waals surface area contributed by atoms with Crippen LogP contribution in [0.25, 0.3) is 0 Å². The minimum atomic E-state index is -3.02. The van der Waals surface area contributed by atoms with Crippen LogP contribution in [0, 0.1) is 0 Å². The van der Waals surface area contributed by atoms with Crippen molar-refractivity contribution in [2.45, 2.75) is 38.3 Å². The van der Waals surface area contributed by atoms with Gasteiger partial charge in [0.2, 0.25) is 5.91 Å². The highest BCUT2D eigenvalue weighted by Crippen LogP contribution is 2.10. The van der Waals surface area contributed by atoms with E-state index in [1.165, 1.54) is 0 Å². The summed E-state index contributed by atoms with van der Waals surface area (Å²) in [6.45, 7) is 1.74. The van der Waals surface area contributed by atoms with Gasteiger partial charge >= 0.3 is 5.97 Å². The van der Waals surface area contributed by atoms with Crippen LogP contribution < -0.4 is 10.6 Å². The number of amides is 1. The van der Waals surface area contributed by atoms with Gasteiger partial charge in [-0.05, 0) is 12.8 Å². The zero-order valence-corrected chi connectivity index (χ0v) is 11.7. The Labute approximate surface area is 112 Å². The summed E-state index contributed by atoms with van der Waals surface area (Å²) in [6, 6.07) is -1.10. The van der Waals surface area contributed by atoms with Crippen LogP contribution >= 0.6 is 0 Å². The zero-order valence-electron chi connectivity index (χ0n) is 10.9. The SMILES string of the molecule is CCCC(NCC(=O)NC1CCS(=O)(=O)C1)C(=O)O. The molecule has 0 radical (unpaired) electrons. The Balaban J connectivity index is 2.33. The number of sulfone groups is 1. The molecule has 0 aromatic rings. The second-order valence-electron chi connectivity index (χ2n) is 4.73. The topological polar surface area (TPSA) is 113 Å². The van der Waals surface area contributed by atoms with Crippen molar-refractivity contribution in [2.24, 2.45) is 0 Å². The largest absolute Gasteiger partial charge is 0.480 e. The van der Waals surface area contributed by atoms with Gasteiger partial charge in [-0.3, -0.25) is 14.9 Å². The molecule has 1 aliphatic heterocycles. The van der Waals surface area contributed by atoms with Crippen LogP contribution in [0.2, 0.25) is 0 Å². The van der Waals surface area contributed by atoms with Crippen LogP contribution in [-0.4, -0.2) is 55.5 Å². The highest BCUT2D eigenvalue weighted by atomic mass is 32.2. The molecule has 0 bridgehead atoms. The van der Waals surface area contributed by atoms with Gasteiger partial charge in [-0.25, -0.2) is 8.42 Å². The standard InChI is InChI=1S/C11H20N2O5S/c1-2-3-9(11(15)16)12-6-10(14)13-8-4-5-19(17,18)7-8/h8-9,12H,2-7H2,1H3,(H,13,14)(H,15,16). The van der Waals surface area contributed by atoms with E-state index in [-0.39, 0.29) is 30.0 Å².